The Hall–Kier alpha value is -2.39. The first-order chi connectivity index (χ1) is 14.2. The van der Waals surface area contributed by atoms with Crippen molar-refractivity contribution in [3.63, 3.8) is 0 Å². The van der Waals surface area contributed by atoms with Crippen LogP contribution in [0.2, 0.25) is 0 Å². The maximum Gasteiger partial charge on any atom is 0.434 e. The van der Waals surface area contributed by atoms with E-state index in [4.69, 9.17) is 4.74 Å². The van der Waals surface area contributed by atoms with Crippen LogP contribution in [0, 0.1) is 12.8 Å². The lowest BCUT2D eigenvalue weighted by Crippen LogP contribution is -2.48. The fourth-order valence-corrected chi connectivity index (χ4v) is 3.66. The first-order valence-electron chi connectivity index (χ1n) is 10.00. The van der Waals surface area contributed by atoms with Crippen LogP contribution in [-0.2, 0) is 10.9 Å². The van der Waals surface area contributed by atoms with Crippen LogP contribution in [0.3, 0.4) is 0 Å². The monoisotopic (exact) mass is 424 g/mol. The van der Waals surface area contributed by atoms with Gasteiger partial charge in [0.2, 0.25) is 0 Å². The van der Waals surface area contributed by atoms with E-state index in [2.05, 4.69) is 29.2 Å². The van der Waals surface area contributed by atoms with Gasteiger partial charge in [0.05, 0.1) is 30.2 Å². The minimum absolute atomic E-state index is 0.139. The minimum atomic E-state index is -4.74. The molecule has 3 rings (SSSR count). The van der Waals surface area contributed by atoms with E-state index < -0.39 is 23.3 Å². The van der Waals surface area contributed by atoms with Gasteiger partial charge in [-0.2, -0.15) is 18.3 Å². The normalized spacial score (nSPS) is 18.0. The van der Waals surface area contributed by atoms with Crippen LogP contribution in [-0.4, -0.2) is 59.5 Å². The van der Waals surface area contributed by atoms with Crippen molar-refractivity contribution in [1.29, 1.82) is 0 Å². The number of hydrogen-bond acceptors (Lipinski definition) is 4. The lowest BCUT2D eigenvalue weighted by Gasteiger charge is -2.33. The highest BCUT2D eigenvalue weighted by molar-refractivity contribution is 5.95. The largest absolute Gasteiger partial charge is 0.434 e. The molecule has 9 heteroatoms. The Labute approximate surface area is 174 Å². The summed E-state index contributed by atoms with van der Waals surface area (Å²) in [5.41, 5.74) is -0.677. The van der Waals surface area contributed by atoms with E-state index >= 15 is 0 Å². The van der Waals surface area contributed by atoms with Gasteiger partial charge < -0.3 is 10.1 Å². The summed E-state index contributed by atoms with van der Waals surface area (Å²) in [6, 6.07) is 6.60. The van der Waals surface area contributed by atoms with Crippen LogP contribution in [0.25, 0.3) is 5.69 Å². The number of amides is 1. The fraction of sp³-hybridized carbons (Fsp3) is 0.524. The summed E-state index contributed by atoms with van der Waals surface area (Å²) in [5, 5.41) is 6.46. The number of nitrogens with one attached hydrogen (secondary N) is 1. The zero-order valence-corrected chi connectivity index (χ0v) is 17.4. The van der Waals surface area contributed by atoms with Gasteiger partial charge in [-0.1, -0.05) is 32.0 Å². The molecule has 0 radical (unpaired) electrons. The van der Waals surface area contributed by atoms with Gasteiger partial charge >= 0.3 is 6.18 Å². The zero-order chi connectivity index (χ0) is 21.9. The van der Waals surface area contributed by atoms with Gasteiger partial charge in [0.25, 0.3) is 5.91 Å². The number of aryl methyl sites for hydroxylation is 1. The molecule has 1 aromatic heterocycles. The molecule has 1 atom stereocenters. The molecule has 1 saturated heterocycles. The standard InChI is InChI=1S/C21H27F3N4O2/c1-14(2)12-27-8-9-30-16(13-27)10-25-20(29)17-11-26-28(19(17)21(22,23)24)18-7-5-4-6-15(18)3/h4-7,11,14,16H,8-10,12-13H2,1-3H3,(H,25,29). The van der Waals surface area contributed by atoms with Gasteiger partial charge in [-0.3, -0.25) is 9.69 Å². The molecule has 0 saturated carbocycles. The van der Waals surface area contributed by atoms with Crippen LogP contribution < -0.4 is 5.32 Å². The van der Waals surface area contributed by atoms with Crippen molar-refractivity contribution in [1.82, 2.24) is 20.0 Å². The second kappa shape index (κ2) is 9.18. The SMILES string of the molecule is Cc1ccccc1-n1ncc(C(=O)NCC2CN(CC(C)C)CCO2)c1C(F)(F)F. The zero-order valence-electron chi connectivity index (χ0n) is 17.4. The number of carbonyl (C=O) groups excluding carboxylic acids is 1. The van der Waals surface area contributed by atoms with Crippen molar-refractivity contribution in [2.24, 2.45) is 5.92 Å². The highest BCUT2D eigenvalue weighted by atomic mass is 19.4. The van der Waals surface area contributed by atoms with Crippen molar-refractivity contribution in [2.45, 2.75) is 33.1 Å². The van der Waals surface area contributed by atoms with Crippen molar-refractivity contribution in [3.05, 3.63) is 47.3 Å². The number of carbonyl (C=O) groups is 1. The topological polar surface area (TPSA) is 59.4 Å². The first kappa shape index (κ1) is 22.3. The Kier molecular flexibility index (Phi) is 6.82. The number of hydrogen-bond donors (Lipinski definition) is 1. The van der Waals surface area contributed by atoms with Crippen LogP contribution in [0.15, 0.2) is 30.5 Å². The maximum atomic E-state index is 13.8. The van der Waals surface area contributed by atoms with E-state index in [1.807, 2.05) is 0 Å². The quantitative estimate of drug-likeness (QED) is 0.773. The van der Waals surface area contributed by atoms with Gasteiger partial charge in [-0.05, 0) is 24.5 Å². The van der Waals surface area contributed by atoms with Crippen LogP contribution in [0.4, 0.5) is 13.2 Å². The molecular formula is C21H27F3N4O2. The van der Waals surface area contributed by atoms with E-state index in [1.54, 1.807) is 31.2 Å². The Morgan fingerprint density at radius 3 is 2.73 bits per heavy atom. The first-order valence-corrected chi connectivity index (χ1v) is 10.00. The molecule has 6 nitrogen and oxygen atoms in total. The number of halogens is 3. The van der Waals surface area contributed by atoms with Crippen molar-refractivity contribution in [2.75, 3.05) is 32.8 Å². The van der Waals surface area contributed by atoms with Crippen LogP contribution in [0.5, 0.6) is 0 Å². The van der Waals surface area contributed by atoms with Gasteiger partial charge in [0.1, 0.15) is 0 Å². The highest BCUT2D eigenvalue weighted by Crippen LogP contribution is 2.34. The molecule has 1 fully saturated rings. The number of para-hydroxylation sites is 1. The number of aromatic nitrogens is 2. The summed E-state index contributed by atoms with van der Waals surface area (Å²) >= 11 is 0. The van der Waals surface area contributed by atoms with Gasteiger partial charge in [-0.25, -0.2) is 4.68 Å². The summed E-state index contributed by atoms with van der Waals surface area (Å²) < 4.78 is 47.9. The van der Waals surface area contributed by atoms with Crippen LogP contribution >= 0.6 is 0 Å². The van der Waals surface area contributed by atoms with Crippen LogP contribution in [0.1, 0.15) is 35.5 Å². The Bertz CT molecular complexity index is 879. The molecule has 2 heterocycles. The molecule has 1 aliphatic heterocycles. The van der Waals surface area contributed by atoms with E-state index in [0.717, 1.165) is 24.0 Å². The average Bonchev–Trinajstić information content (AvgIpc) is 3.12. The summed E-state index contributed by atoms with van der Waals surface area (Å²) in [6.07, 6.45) is -4.03. The fourth-order valence-electron chi connectivity index (χ4n) is 3.66. The molecule has 0 spiro atoms. The van der Waals surface area contributed by atoms with E-state index in [0.29, 0.717) is 24.6 Å². The van der Waals surface area contributed by atoms with E-state index in [9.17, 15) is 18.0 Å². The van der Waals surface area contributed by atoms with Gasteiger partial charge in [0.15, 0.2) is 5.69 Å². The molecule has 1 aliphatic rings. The number of benzene rings is 1. The summed E-state index contributed by atoms with van der Waals surface area (Å²) in [5.74, 6) is -0.313. The molecule has 1 unspecified atom stereocenters. The van der Waals surface area contributed by atoms with Crippen molar-refractivity contribution < 1.29 is 22.7 Å². The molecule has 1 N–H and O–H groups in total. The Balaban J connectivity index is 1.76. The van der Waals surface area contributed by atoms with E-state index in [-0.39, 0.29) is 18.3 Å². The van der Waals surface area contributed by atoms with Gasteiger partial charge in [-0.15, -0.1) is 0 Å². The second-order valence-corrected chi connectivity index (χ2v) is 7.96. The number of alkyl halides is 3. The van der Waals surface area contributed by atoms with E-state index in [1.165, 1.54) is 0 Å². The Morgan fingerprint density at radius 1 is 1.33 bits per heavy atom. The number of nitrogens with zero attached hydrogens (tertiary/aromatic N) is 3. The molecule has 2 aromatic rings. The summed E-state index contributed by atoms with van der Waals surface area (Å²) in [4.78, 5) is 14.8. The second-order valence-electron chi connectivity index (χ2n) is 7.96. The minimum Gasteiger partial charge on any atom is -0.374 e. The van der Waals surface area contributed by atoms with Crippen molar-refractivity contribution in [3.8, 4) is 5.69 Å². The molecule has 1 amide bonds. The Morgan fingerprint density at radius 2 is 2.07 bits per heavy atom. The number of morpholine rings is 1. The predicted octanol–water partition coefficient (Wildman–Crippen LogP) is 3.29. The third-order valence-electron chi connectivity index (χ3n) is 4.96. The predicted molar refractivity (Wildman–Crippen MR) is 107 cm³/mol. The molecule has 30 heavy (non-hydrogen) atoms. The third-order valence-corrected chi connectivity index (χ3v) is 4.96. The molecular weight excluding hydrogens is 397 g/mol. The molecule has 1 aromatic carbocycles. The lowest BCUT2D eigenvalue weighted by molar-refractivity contribution is -0.143. The van der Waals surface area contributed by atoms with Gasteiger partial charge in [0, 0.05) is 26.2 Å². The molecule has 164 valence electrons. The number of rotatable bonds is 6. The average molecular weight is 424 g/mol. The van der Waals surface area contributed by atoms with Crippen molar-refractivity contribution >= 4 is 5.91 Å². The third kappa shape index (κ3) is 5.20. The summed E-state index contributed by atoms with van der Waals surface area (Å²) in [7, 11) is 0. The lowest BCUT2D eigenvalue weighted by atomic mass is 10.1. The highest BCUT2D eigenvalue weighted by Gasteiger charge is 2.40. The molecule has 0 bridgehead atoms. The molecule has 0 aliphatic carbocycles. The maximum absolute atomic E-state index is 13.8. The number of ether oxygens (including phenoxy) is 1. The smallest absolute Gasteiger partial charge is 0.374 e. The summed E-state index contributed by atoms with van der Waals surface area (Å²) in [6.45, 7) is 8.97.